The van der Waals surface area contributed by atoms with Crippen LogP contribution < -0.4 is 0 Å². The van der Waals surface area contributed by atoms with Crippen LogP contribution in [0.25, 0.3) is 10.9 Å². The highest BCUT2D eigenvalue weighted by molar-refractivity contribution is 6.10. The number of aromatic nitrogens is 1. The van der Waals surface area contributed by atoms with E-state index in [0.29, 0.717) is 12.0 Å². The fourth-order valence-corrected chi connectivity index (χ4v) is 3.03. The number of carbonyl (C=O) groups is 2. The van der Waals surface area contributed by atoms with Crippen molar-refractivity contribution in [3.63, 3.8) is 0 Å². The topological polar surface area (TPSA) is 59.2 Å². The van der Waals surface area contributed by atoms with E-state index < -0.39 is 6.10 Å². The van der Waals surface area contributed by atoms with Gasteiger partial charge in [-0.25, -0.2) is 0 Å². The summed E-state index contributed by atoms with van der Waals surface area (Å²) in [6, 6.07) is 17.1. The monoisotopic (exact) mass is 335 g/mol. The van der Waals surface area contributed by atoms with Gasteiger partial charge in [-0.3, -0.25) is 9.59 Å². The van der Waals surface area contributed by atoms with E-state index in [4.69, 9.17) is 4.74 Å². The smallest absolute Gasteiger partial charge is 0.314 e. The van der Waals surface area contributed by atoms with Crippen molar-refractivity contribution in [3.05, 3.63) is 71.9 Å². The Balaban J connectivity index is 1.75. The summed E-state index contributed by atoms with van der Waals surface area (Å²) >= 11 is 0. The molecule has 0 amide bonds. The standard InChI is InChI=1S/C21H21NO3/c1-3-16(15-9-5-4-6-10-15)21(24)25-14(2)20(23)18-13-22-19-12-8-7-11-17(18)19/h4-14,16,22H,3H2,1-2H3/t14-,16+/m1/s1. The molecule has 0 aliphatic carbocycles. The molecule has 4 heteroatoms. The zero-order valence-electron chi connectivity index (χ0n) is 14.4. The van der Waals surface area contributed by atoms with Gasteiger partial charge in [-0.05, 0) is 25.0 Å². The number of nitrogens with one attached hydrogen (secondary N) is 1. The van der Waals surface area contributed by atoms with Crippen LogP contribution in [0.1, 0.15) is 42.1 Å². The second-order valence-electron chi connectivity index (χ2n) is 6.06. The molecule has 0 saturated carbocycles. The van der Waals surface area contributed by atoms with E-state index in [9.17, 15) is 9.59 Å². The van der Waals surface area contributed by atoms with Crippen molar-refractivity contribution in [2.75, 3.05) is 0 Å². The van der Waals surface area contributed by atoms with E-state index >= 15 is 0 Å². The average Bonchev–Trinajstić information content (AvgIpc) is 3.06. The molecule has 0 spiro atoms. The maximum atomic E-state index is 12.7. The summed E-state index contributed by atoms with van der Waals surface area (Å²) in [5.74, 6) is -0.928. The van der Waals surface area contributed by atoms with E-state index in [1.807, 2.05) is 61.5 Å². The lowest BCUT2D eigenvalue weighted by molar-refractivity contribution is -0.148. The quantitative estimate of drug-likeness (QED) is 0.534. The Morgan fingerprint density at radius 2 is 1.72 bits per heavy atom. The zero-order chi connectivity index (χ0) is 17.8. The van der Waals surface area contributed by atoms with Crippen LogP contribution in [0.2, 0.25) is 0 Å². The Morgan fingerprint density at radius 1 is 1.04 bits per heavy atom. The minimum Gasteiger partial charge on any atom is -0.454 e. The van der Waals surface area contributed by atoms with Crippen molar-refractivity contribution < 1.29 is 14.3 Å². The summed E-state index contributed by atoms with van der Waals surface area (Å²) in [4.78, 5) is 28.3. The van der Waals surface area contributed by atoms with Crippen molar-refractivity contribution in [3.8, 4) is 0 Å². The third-order valence-corrected chi connectivity index (χ3v) is 4.41. The Labute approximate surface area is 146 Å². The minimum absolute atomic E-state index is 0.200. The summed E-state index contributed by atoms with van der Waals surface area (Å²) < 4.78 is 5.49. The summed E-state index contributed by atoms with van der Waals surface area (Å²) in [7, 11) is 0. The van der Waals surface area contributed by atoms with E-state index in [-0.39, 0.29) is 17.7 Å². The lowest BCUT2D eigenvalue weighted by Gasteiger charge is -2.18. The number of H-pyrrole nitrogens is 1. The molecule has 0 bridgehead atoms. The van der Waals surface area contributed by atoms with Crippen molar-refractivity contribution in [2.24, 2.45) is 0 Å². The number of hydrogen-bond donors (Lipinski definition) is 1. The number of ether oxygens (including phenoxy) is 1. The normalized spacial score (nSPS) is 13.4. The molecule has 1 N–H and O–H groups in total. The van der Waals surface area contributed by atoms with Crippen LogP contribution in [0.15, 0.2) is 60.8 Å². The number of fused-ring (bicyclic) bond motifs is 1. The van der Waals surface area contributed by atoms with Gasteiger partial charge in [-0.1, -0.05) is 55.5 Å². The van der Waals surface area contributed by atoms with Gasteiger partial charge < -0.3 is 9.72 Å². The lowest BCUT2D eigenvalue weighted by Crippen LogP contribution is -2.27. The third kappa shape index (κ3) is 3.48. The predicted molar refractivity (Wildman–Crippen MR) is 97.7 cm³/mol. The van der Waals surface area contributed by atoms with E-state index in [1.165, 1.54) is 0 Å². The molecule has 25 heavy (non-hydrogen) atoms. The highest BCUT2D eigenvalue weighted by Crippen LogP contribution is 2.23. The molecule has 2 atom stereocenters. The van der Waals surface area contributed by atoms with Gasteiger partial charge in [0.05, 0.1) is 5.92 Å². The second kappa shape index (κ2) is 7.34. The number of carbonyl (C=O) groups excluding carboxylic acids is 2. The first kappa shape index (κ1) is 17.0. The zero-order valence-corrected chi connectivity index (χ0v) is 14.4. The van der Waals surface area contributed by atoms with Gasteiger partial charge in [-0.15, -0.1) is 0 Å². The van der Waals surface area contributed by atoms with Crippen LogP contribution in [0, 0.1) is 0 Å². The average molecular weight is 335 g/mol. The Hall–Kier alpha value is -2.88. The molecule has 3 aromatic rings. The number of benzene rings is 2. The van der Waals surface area contributed by atoms with Crippen LogP contribution in [-0.4, -0.2) is 22.8 Å². The summed E-state index contributed by atoms with van der Waals surface area (Å²) in [5, 5.41) is 0.838. The molecule has 1 aromatic heterocycles. The van der Waals surface area contributed by atoms with Crippen LogP contribution in [-0.2, 0) is 9.53 Å². The largest absolute Gasteiger partial charge is 0.454 e. The summed E-state index contributed by atoms with van der Waals surface area (Å²) in [6.45, 7) is 3.56. The number of aromatic amines is 1. The van der Waals surface area contributed by atoms with Gasteiger partial charge in [0.15, 0.2) is 6.10 Å². The Morgan fingerprint density at radius 3 is 2.44 bits per heavy atom. The Kier molecular flexibility index (Phi) is 4.98. The van der Waals surface area contributed by atoms with E-state index in [1.54, 1.807) is 13.1 Å². The van der Waals surface area contributed by atoms with Gasteiger partial charge in [0.25, 0.3) is 0 Å². The number of ketones is 1. The van der Waals surface area contributed by atoms with Gasteiger partial charge in [0.1, 0.15) is 0 Å². The Bertz CT molecular complexity index is 882. The number of Topliss-reactive ketones (excluding diaryl/α,β-unsaturated/α-hetero) is 1. The van der Waals surface area contributed by atoms with Gasteiger partial charge in [-0.2, -0.15) is 0 Å². The molecule has 0 aliphatic rings. The van der Waals surface area contributed by atoms with Gasteiger partial charge in [0.2, 0.25) is 5.78 Å². The molecule has 0 radical (unpaired) electrons. The molecule has 2 aromatic carbocycles. The van der Waals surface area contributed by atoms with Crippen LogP contribution >= 0.6 is 0 Å². The van der Waals surface area contributed by atoms with Crippen LogP contribution in [0.5, 0.6) is 0 Å². The first-order valence-corrected chi connectivity index (χ1v) is 8.47. The highest BCUT2D eigenvalue weighted by atomic mass is 16.5. The SMILES string of the molecule is CC[C@H](C(=O)O[C@H](C)C(=O)c1c[nH]c2ccccc12)c1ccccc1. The molecule has 4 nitrogen and oxygen atoms in total. The highest BCUT2D eigenvalue weighted by Gasteiger charge is 2.26. The second-order valence-corrected chi connectivity index (χ2v) is 6.06. The van der Waals surface area contributed by atoms with Gasteiger partial charge >= 0.3 is 5.97 Å². The fraction of sp³-hybridized carbons (Fsp3) is 0.238. The summed E-state index contributed by atoms with van der Waals surface area (Å²) in [6.07, 6.45) is 1.47. The third-order valence-electron chi connectivity index (χ3n) is 4.41. The van der Waals surface area contributed by atoms with E-state index in [2.05, 4.69) is 4.98 Å². The maximum Gasteiger partial charge on any atom is 0.314 e. The van der Waals surface area contributed by atoms with Crippen molar-refractivity contribution in [1.29, 1.82) is 0 Å². The summed E-state index contributed by atoms with van der Waals surface area (Å²) in [5.41, 5.74) is 2.34. The first-order valence-electron chi connectivity index (χ1n) is 8.47. The number of rotatable bonds is 6. The molecular formula is C21H21NO3. The van der Waals surface area contributed by atoms with Crippen molar-refractivity contribution in [2.45, 2.75) is 32.3 Å². The maximum absolute atomic E-state index is 12.7. The lowest BCUT2D eigenvalue weighted by atomic mass is 9.96. The number of esters is 1. The molecule has 3 rings (SSSR count). The minimum atomic E-state index is -0.829. The van der Waals surface area contributed by atoms with Crippen molar-refractivity contribution in [1.82, 2.24) is 4.98 Å². The predicted octanol–water partition coefficient (Wildman–Crippen LogP) is 4.48. The molecule has 0 unspecified atom stereocenters. The fourth-order valence-electron chi connectivity index (χ4n) is 3.03. The molecule has 0 fully saturated rings. The van der Waals surface area contributed by atoms with Gasteiger partial charge in [0, 0.05) is 22.7 Å². The first-order chi connectivity index (χ1) is 12.1. The number of para-hydroxylation sites is 1. The molecule has 128 valence electrons. The van der Waals surface area contributed by atoms with E-state index in [0.717, 1.165) is 16.5 Å². The molecular weight excluding hydrogens is 314 g/mol. The van der Waals surface area contributed by atoms with Crippen molar-refractivity contribution >= 4 is 22.7 Å². The number of hydrogen-bond acceptors (Lipinski definition) is 3. The van der Waals surface area contributed by atoms with Crippen LogP contribution in [0.3, 0.4) is 0 Å². The molecule has 0 saturated heterocycles. The molecule has 1 heterocycles. The molecule has 0 aliphatic heterocycles. The van der Waals surface area contributed by atoms with Crippen LogP contribution in [0.4, 0.5) is 0 Å².